The normalized spacial score (nSPS) is 14.5. The number of rotatable bonds is 7. The number of nitrogens with one attached hydrogen (secondary N) is 2. The number of aromatic amines is 1. The molecule has 1 amide bonds. The summed E-state index contributed by atoms with van der Waals surface area (Å²) in [5.41, 5.74) is 3.48. The van der Waals surface area contributed by atoms with E-state index in [9.17, 15) is 9.18 Å². The van der Waals surface area contributed by atoms with Crippen molar-refractivity contribution in [1.82, 2.24) is 15.2 Å². The van der Waals surface area contributed by atoms with Gasteiger partial charge in [0, 0.05) is 61.9 Å². The molecular formula is C23H27FN4O. The first-order chi connectivity index (χ1) is 14.2. The van der Waals surface area contributed by atoms with Crippen LogP contribution in [0, 0.1) is 5.82 Å². The van der Waals surface area contributed by atoms with Gasteiger partial charge in [-0.3, -0.25) is 4.79 Å². The van der Waals surface area contributed by atoms with Crippen LogP contribution in [0.1, 0.15) is 12.0 Å². The lowest BCUT2D eigenvalue weighted by atomic mass is 10.1. The van der Waals surface area contributed by atoms with Gasteiger partial charge in [-0.2, -0.15) is 0 Å². The Balaban J connectivity index is 1.15. The number of nitrogens with zero attached hydrogens (tertiary/aromatic N) is 2. The maximum Gasteiger partial charge on any atom is 0.223 e. The Labute approximate surface area is 170 Å². The summed E-state index contributed by atoms with van der Waals surface area (Å²) in [7, 11) is 0. The van der Waals surface area contributed by atoms with E-state index in [-0.39, 0.29) is 11.7 Å². The van der Waals surface area contributed by atoms with Crippen LogP contribution in [0.25, 0.3) is 10.9 Å². The molecule has 4 rings (SSSR count). The molecule has 0 spiro atoms. The van der Waals surface area contributed by atoms with Crippen molar-refractivity contribution in [2.24, 2.45) is 0 Å². The van der Waals surface area contributed by atoms with E-state index in [0.29, 0.717) is 26.1 Å². The van der Waals surface area contributed by atoms with Crippen LogP contribution in [0.15, 0.2) is 54.7 Å². The molecule has 6 heteroatoms. The Hall–Kier alpha value is -2.86. The minimum atomic E-state index is -0.222. The number of H-pyrrole nitrogens is 1. The molecule has 1 aliphatic rings. The van der Waals surface area contributed by atoms with Crippen molar-refractivity contribution in [3.05, 3.63) is 66.1 Å². The van der Waals surface area contributed by atoms with Crippen LogP contribution in [-0.2, 0) is 11.2 Å². The topological polar surface area (TPSA) is 51.4 Å². The van der Waals surface area contributed by atoms with Crippen LogP contribution in [0.4, 0.5) is 10.1 Å². The second-order valence-electron chi connectivity index (χ2n) is 7.45. The standard InChI is InChI=1S/C23H27FN4O/c24-19-5-7-20(8-6-19)27-13-15-28(16-14-27)23(29)10-12-25-11-9-18-17-26-22-4-2-1-3-21(18)22/h1-8,17,25-26H,9-16H2. The minimum absolute atomic E-state index is 0.198. The predicted octanol–water partition coefficient (Wildman–Crippen LogP) is 3.18. The first-order valence-corrected chi connectivity index (χ1v) is 10.2. The number of piperazine rings is 1. The Morgan fingerprint density at radius 3 is 2.55 bits per heavy atom. The molecule has 0 saturated carbocycles. The van der Waals surface area contributed by atoms with E-state index in [2.05, 4.69) is 39.6 Å². The van der Waals surface area contributed by atoms with Crippen molar-refractivity contribution in [3.63, 3.8) is 0 Å². The second-order valence-corrected chi connectivity index (χ2v) is 7.45. The molecule has 0 bridgehead atoms. The molecule has 1 aliphatic heterocycles. The molecule has 2 N–H and O–H groups in total. The highest BCUT2D eigenvalue weighted by Crippen LogP contribution is 2.18. The molecule has 0 unspecified atom stereocenters. The molecule has 152 valence electrons. The van der Waals surface area contributed by atoms with Crippen LogP contribution < -0.4 is 10.2 Å². The number of halogens is 1. The van der Waals surface area contributed by atoms with E-state index in [1.807, 2.05) is 11.0 Å². The van der Waals surface area contributed by atoms with E-state index < -0.39 is 0 Å². The van der Waals surface area contributed by atoms with Crippen LogP contribution in [0.2, 0.25) is 0 Å². The minimum Gasteiger partial charge on any atom is -0.368 e. The van der Waals surface area contributed by atoms with Gasteiger partial charge < -0.3 is 20.1 Å². The van der Waals surface area contributed by atoms with Gasteiger partial charge in [0.2, 0.25) is 5.91 Å². The molecule has 1 fully saturated rings. The Bertz CT molecular complexity index is 945. The number of aromatic nitrogens is 1. The number of carbonyl (C=O) groups excluding carboxylic acids is 1. The average molecular weight is 394 g/mol. The van der Waals surface area contributed by atoms with Crippen molar-refractivity contribution in [3.8, 4) is 0 Å². The molecule has 1 saturated heterocycles. The number of carbonyl (C=O) groups is 1. The number of fused-ring (bicyclic) bond motifs is 1. The highest BCUT2D eigenvalue weighted by molar-refractivity contribution is 5.83. The molecule has 0 aliphatic carbocycles. The van der Waals surface area contributed by atoms with Gasteiger partial charge in [-0.1, -0.05) is 18.2 Å². The average Bonchev–Trinajstić information content (AvgIpc) is 3.17. The third-order valence-electron chi connectivity index (χ3n) is 5.59. The molecular weight excluding hydrogens is 367 g/mol. The van der Waals surface area contributed by atoms with Gasteiger partial charge >= 0.3 is 0 Å². The SMILES string of the molecule is O=C(CCNCCc1c[nH]c2ccccc12)N1CCN(c2ccc(F)cc2)CC1. The largest absolute Gasteiger partial charge is 0.368 e. The molecule has 2 aromatic carbocycles. The molecule has 0 atom stereocenters. The van der Waals surface area contributed by atoms with Crippen molar-refractivity contribution in [1.29, 1.82) is 0 Å². The second kappa shape index (κ2) is 9.09. The number of benzene rings is 2. The number of hydrogen-bond acceptors (Lipinski definition) is 3. The van der Waals surface area contributed by atoms with E-state index >= 15 is 0 Å². The molecule has 0 radical (unpaired) electrons. The van der Waals surface area contributed by atoms with Crippen LogP contribution in [0.3, 0.4) is 0 Å². The molecule has 1 aromatic heterocycles. The van der Waals surface area contributed by atoms with Gasteiger partial charge in [-0.25, -0.2) is 4.39 Å². The van der Waals surface area contributed by atoms with Gasteiger partial charge in [-0.05, 0) is 48.9 Å². The fraction of sp³-hybridized carbons (Fsp3) is 0.348. The van der Waals surface area contributed by atoms with Crippen molar-refractivity contribution in [2.45, 2.75) is 12.8 Å². The maximum atomic E-state index is 13.1. The number of anilines is 1. The van der Waals surface area contributed by atoms with Gasteiger partial charge in [0.1, 0.15) is 5.82 Å². The first kappa shape index (κ1) is 19.5. The van der Waals surface area contributed by atoms with Crippen molar-refractivity contribution in [2.75, 3.05) is 44.2 Å². The van der Waals surface area contributed by atoms with E-state index in [0.717, 1.165) is 37.3 Å². The van der Waals surface area contributed by atoms with Gasteiger partial charge in [0.05, 0.1) is 0 Å². The fourth-order valence-corrected chi connectivity index (χ4v) is 3.91. The number of hydrogen-bond donors (Lipinski definition) is 2. The molecule has 2 heterocycles. The third kappa shape index (κ3) is 4.77. The summed E-state index contributed by atoms with van der Waals surface area (Å²) in [5, 5.41) is 4.66. The zero-order chi connectivity index (χ0) is 20.1. The summed E-state index contributed by atoms with van der Waals surface area (Å²) in [4.78, 5) is 19.9. The first-order valence-electron chi connectivity index (χ1n) is 10.2. The summed E-state index contributed by atoms with van der Waals surface area (Å²) >= 11 is 0. The number of para-hydroxylation sites is 1. The Kier molecular flexibility index (Phi) is 6.10. The molecule has 5 nitrogen and oxygen atoms in total. The maximum absolute atomic E-state index is 13.1. The summed E-state index contributed by atoms with van der Waals surface area (Å²) in [6.07, 6.45) is 3.52. The lowest BCUT2D eigenvalue weighted by molar-refractivity contribution is -0.131. The highest BCUT2D eigenvalue weighted by atomic mass is 19.1. The van der Waals surface area contributed by atoms with Crippen LogP contribution in [0.5, 0.6) is 0 Å². The lowest BCUT2D eigenvalue weighted by Crippen LogP contribution is -2.49. The zero-order valence-corrected chi connectivity index (χ0v) is 16.5. The highest BCUT2D eigenvalue weighted by Gasteiger charge is 2.20. The fourth-order valence-electron chi connectivity index (χ4n) is 3.91. The van der Waals surface area contributed by atoms with Crippen molar-refractivity contribution >= 4 is 22.5 Å². The Morgan fingerprint density at radius 2 is 1.76 bits per heavy atom. The summed E-state index contributed by atoms with van der Waals surface area (Å²) in [6, 6.07) is 14.9. The van der Waals surface area contributed by atoms with E-state index in [1.54, 1.807) is 12.1 Å². The molecule has 29 heavy (non-hydrogen) atoms. The van der Waals surface area contributed by atoms with Gasteiger partial charge in [0.15, 0.2) is 0 Å². The van der Waals surface area contributed by atoms with Crippen molar-refractivity contribution < 1.29 is 9.18 Å². The quantitative estimate of drug-likeness (QED) is 0.605. The monoisotopic (exact) mass is 394 g/mol. The third-order valence-corrected chi connectivity index (χ3v) is 5.59. The van der Waals surface area contributed by atoms with Crippen LogP contribution in [-0.4, -0.2) is 55.1 Å². The molecule has 3 aromatic rings. The van der Waals surface area contributed by atoms with Gasteiger partial charge in [0.25, 0.3) is 0 Å². The predicted molar refractivity (Wildman–Crippen MR) is 115 cm³/mol. The van der Waals surface area contributed by atoms with Crippen LogP contribution >= 0.6 is 0 Å². The summed E-state index contributed by atoms with van der Waals surface area (Å²) in [5.74, 6) is -0.0249. The van der Waals surface area contributed by atoms with Gasteiger partial charge in [-0.15, -0.1) is 0 Å². The smallest absolute Gasteiger partial charge is 0.223 e. The Morgan fingerprint density at radius 1 is 1.00 bits per heavy atom. The summed E-state index contributed by atoms with van der Waals surface area (Å²) < 4.78 is 13.1. The van der Waals surface area contributed by atoms with E-state index in [4.69, 9.17) is 0 Å². The zero-order valence-electron chi connectivity index (χ0n) is 16.5. The van der Waals surface area contributed by atoms with E-state index in [1.165, 1.54) is 23.1 Å². The summed E-state index contributed by atoms with van der Waals surface area (Å²) in [6.45, 7) is 4.54. The lowest BCUT2D eigenvalue weighted by Gasteiger charge is -2.36. The number of amides is 1.